The van der Waals surface area contributed by atoms with E-state index in [1.54, 1.807) is 0 Å². The van der Waals surface area contributed by atoms with E-state index in [4.69, 9.17) is 4.74 Å². The van der Waals surface area contributed by atoms with Gasteiger partial charge in [0.15, 0.2) is 5.79 Å². The van der Waals surface area contributed by atoms with Crippen LogP contribution in [0.3, 0.4) is 0 Å². The van der Waals surface area contributed by atoms with Gasteiger partial charge in [0.25, 0.3) is 0 Å². The lowest BCUT2D eigenvalue weighted by Crippen LogP contribution is -2.43. The Morgan fingerprint density at radius 2 is 1.95 bits per heavy atom. The highest BCUT2D eigenvalue weighted by molar-refractivity contribution is 5.28. The molecule has 0 saturated carbocycles. The molecule has 2 rings (SSSR count). The van der Waals surface area contributed by atoms with Crippen LogP contribution in [0.1, 0.15) is 32.3 Å². The zero-order chi connectivity index (χ0) is 13.9. The molecule has 1 saturated heterocycles. The van der Waals surface area contributed by atoms with Crippen molar-refractivity contribution in [2.45, 2.75) is 45.1 Å². The van der Waals surface area contributed by atoms with E-state index in [2.05, 4.69) is 17.0 Å². The van der Waals surface area contributed by atoms with E-state index in [9.17, 15) is 10.2 Å². The summed E-state index contributed by atoms with van der Waals surface area (Å²) < 4.78 is 5.68. The maximum absolute atomic E-state index is 9.51. The second kappa shape index (κ2) is 5.90. The van der Waals surface area contributed by atoms with Crippen molar-refractivity contribution in [2.75, 3.05) is 13.1 Å². The molecule has 2 N–H and O–H groups in total. The van der Waals surface area contributed by atoms with Crippen LogP contribution in [0.15, 0.2) is 24.3 Å². The monoisotopic (exact) mass is 265 g/mol. The van der Waals surface area contributed by atoms with Gasteiger partial charge in [-0.2, -0.15) is 0 Å². The summed E-state index contributed by atoms with van der Waals surface area (Å²) in [4.78, 5) is 2.24. The van der Waals surface area contributed by atoms with Gasteiger partial charge in [-0.25, -0.2) is 0 Å². The third kappa shape index (κ3) is 4.49. The number of benzene rings is 1. The van der Waals surface area contributed by atoms with Gasteiger partial charge in [-0.3, -0.25) is 4.90 Å². The first kappa shape index (κ1) is 14.3. The number of nitrogens with zero attached hydrogens (tertiary/aromatic N) is 1. The van der Waals surface area contributed by atoms with Crippen LogP contribution in [0, 0.1) is 0 Å². The van der Waals surface area contributed by atoms with Gasteiger partial charge >= 0.3 is 0 Å². The summed E-state index contributed by atoms with van der Waals surface area (Å²) in [5.41, 5.74) is 1.20. The Kier molecular flexibility index (Phi) is 4.45. The van der Waals surface area contributed by atoms with Gasteiger partial charge in [0.2, 0.25) is 0 Å². The van der Waals surface area contributed by atoms with E-state index >= 15 is 0 Å². The minimum absolute atomic E-state index is 0.176. The van der Waals surface area contributed by atoms with Crippen LogP contribution < -0.4 is 4.74 Å². The maximum atomic E-state index is 9.51. The summed E-state index contributed by atoms with van der Waals surface area (Å²) >= 11 is 0. The maximum Gasteiger partial charge on any atom is 0.164 e. The van der Waals surface area contributed by atoms with Gasteiger partial charge in [0, 0.05) is 32.5 Å². The summed E-state index contributed by atoms with van der Waals surface area (Å²) in [6.07, 6.45) is 0.999. The molecule has 0 aliphatic carbocycles. The van der Waals surface area contributed by atoms with E-state index < -0.39 is 5.79 Å². The fourth-order valence-electron chi connectivity index (χ4n) is 2.32. The van der Waals surface area contributed by atoms with Crippen LogP contribution in [0.2, 0.25) is 0 Å². The van der Waals surface area contributed by atoms with Crippen molar-refractivity contribution < 1.29 is 14.9 Å². The standard InChI is InChI=1S/C15H23NO3/c1-12(2)19-14-5-3-4-13(10-14)11-16-8-6-15(17,18)7-9-16/h3-5,10,12,17-18H,6-9,11H2,1-2H3. The average molecular weight is 265 g/mol. The molecular weight excluding hydrogens is 242 g/mol. The predicted molar refractivity (Wildman–Crippen MR) is 73.9 cm³/mol. The predicted octanol–water partition coefficient (Wildman–Crippen LogP) is 1.75. The lowest BCUT2D eigenvalue weighted by atomic mass is 10.0. The van der Waals surface area contributed by atoms with Crippen molar-refractivity contribution in [3.8, 4) is 5.75 Å². The summed E-state index contributed by atoms with van der Waals surface area (Å²) in [5.74, 6) is -0.581. The molecule has 1 aromatic carbocycles. The Hall–Kier alpha value is -1.10. The fourth-order valence-corrected chi connectivity index (χ4v) is 2.32. The van der Waals surface area contributed by atoms with Crippen molar-refractivity contribution in [1.82, 2.24) is 4.90 Å². The van der Waals surface area contributed by atoms with Crippen molar-refractivity contribution in [1.29, 1.82) is 0 Å². The quantitative estimate of drug-likeness (QED) is 0.814. The number of likely N-dealkylation sites (tertiary alicyclic amines) is 1. The highest BCUT2D eigenvalue weighted by atomic mass is 16.5. The molecule has 0 bridgehead atoms. The van der Waals surface area contributed by atoms with E-state index in [1.807, 2.05) is 26.0 Å². The van der Waals surface area contributed by atoms with Crippen LogP contribution in [0.4, 0.5) is 0 Å². The summed E-state index contributed by atoms with van der Waals surface area (Å²) in [7, 11) is 0. The normalized spacial score (nSPS) is 19.6. The van der Waals surface area contributed by atoms with Crippen LogP contribution in [0.25, 0.3) is 0 Å². The molecule has 0 spiro atoms. The van der Waals surface area contributed by atoms with Crippen molar-refractivity contribution >= 4 is 0 Å². The molecule has 0 radical (unpaired) electrons. The molecule has 4 nitrogen and oxygen atoms in total. The number of aliphatic hydroxyl groups is 2. The number of ether oxygens (including phenoxy) is 1. The average Bonchev–Trinajstić information content (AvgIpc) is 2.32. The third-order valence-electron chi connectivity index (χ3n) is 3.33. The van der Waals surface area contributed by atoms with E-state index in [1.165, 1.54) is 5.56 Å². The van der Waals surface area contributed by atoms with Crippen molar-refractivity contribution in [2.24, 2.45) is 0 Å². The van der Waals surface area contributed by atoms with Gasteiger partial charge in [-0.05, 0) is 31.5 Å². The smallest absolute Gasteiger partial charge is 0.164 e. The fraction of sp³-hybridized carbons (Fsp3) is 0.600. The Balaban J connectivity index is 1.92. The molecular formula is C15H23NO3. The molecule has 4 heteroatoms. The molecule has 0 atom stereocenters. The van der Waals surface area contributed by atoms with Crippen molar-refractivity contribution in [3.63, 3.8) is 0 Å². The number of piperidine rings is 1. The summed E-state index contributed by atoms with van der Waals surface area (Å²) in [6.45, 7) is 6.27. The first-order chi connectivity index (χ1) is 8.94. The van der Waals surface area contributed by atoms with E-state index in [0.717, 1.165) is 12.3 Å². The number of hydrogen-bond donors (Lipinski definition) is 2. The molecule has 0 amide bonds. The van der Waals surface area contributed by atoms with Gasteiger partial charge in [0.05, 0.1) is 6.10 Å². The lowest BCUT2D eigenvalue weighted by Gasteiger charge is -2.34. The minimum atomic E-state index is -1.47. The topological polar surface area (TPSA) is 52.9 Å². The Morgan fingerprint density at radius 1 is 1.26 bits per heavy atom. The SMILES string of the molecule is CC(C)Oc1cccc(CN2CCC(O)(O)CC2)c1. The zero-order valence-corrected chi connectivity index (χ0v) is 11.7. The van der Waals surface area contributed by atoms with Crippen LogP contribution >= 0.6 is 0 Å². The largest absolute Gasteiger partial charge is 0.491 e. The van der Waals surface area contributed by atoms with Gasteiger partial charge < -0.3 is 14.9 Å². The van der Waals surface area contributed by atoms with Gasteiger partial charge in [0.1, 0.15) is 5.75 Å². The summed E-state index contributed by atoms with van der Waals surface area (Å²) in [6, 6.07) is 8.10. The Labute approximate surface area is 114 Å². The third-order valence-corrected chi connectivity index (χ3v) is 3.33. The van der Waals surface area contributed by atoms with E-state index in [-0.39, 0.29) is 6.10 Å². The highest BCUT2D eigenvalue weighted by Gasteiger charge is 2.29. The lowest BCUT2D eigenvalue weighted by molar-refractivity contribution is -0.189. The van der Waals surface area contributed by atoms with Crippen LogP contribution in [-0.4, -0.2) is 40.1 Å². The number of rotatable bonds is 4. The molecule has 1 fully saturated rings. The molecule has 106 valence electrons. The van der Waals surface area contributed by atoms with Crippen LogP contribution in [-0.2, 0) is 6.54 Å². The minimum Gasteiger partial charge on any atom is -0.491 e. The second-order valence-corrected chi connectivity index (χ2v) is 5.57. The molecule has 1 aromatic rings. The second-order valence-electron chi connectivity index (χ2n) is 5.57. The molecule has 19 heavy (non-hydrogen) atoms. The highest BCUT2D eigenvalue weighted by Crippen LogP contribution is 2.22. The molecule has 1 heterocycles. The number of hydrogen-bond acceptors (Lipinski definition) is 4. The zero-order valence-electron chi connectivity index (χ0n) is 11.7. The van der Waals surface area contributed by atoms with Crippen molar-refractivity contribution in [3.05, 3.63) is 29.8 Å². The first-order valence-electron chi connectivity index (χ1n) is 6.87. The van der Waals surface area contributed by atoms with Crippen LogP contribution in [0.5, 0.6) is 5.75 Å². The first-order valence-corrected chi connectivity index (χ1v) is 6.87. The molecule has 1 aliphatic heterocycles. The van der Waals surface area contributed by atoms with Gasteiger partial charge in [-0.1, -0.05) is 12.1 Å². The molecule has 1 aliphatic rings. The Bertz CT molecular complexity index is 408. The summed E-state index contributed by atoms with van der Waals surface area (Å²) in [5, 5.41) is 19.0. The van der Waals surface area contributed by atoms with Gasteiger partial charge in [-0.15, -0.1) is 0 Å². The van der Waals surface area contributed by atoms with E-state index in [0.29, 0.717) is 25.9 Å². The Morgan fingerprint density at radius 3 is 2.58 bits per heavy atom. The molecule has 0 unspecified atom stereocenters. The molecule has 0 aromatic heterocycles.